The first-order chi connectivity index (χ1) is 14.5. The van der Waals surface area contributed by atoms with Crippen LogP contribution in [0.5, 0.6) is 5.75 Å². The predicted molar refractivity (Wildman–Crippen MR) is 120 cm³/mol. The standard InChI is InChI=1S/C22H27N7O/c1-13(23)22(14(2)24)16-12-29-18(11-26-21(29)9-19(16)30-3)17-5-4-6-20(28-17)27-15-7-8-25-10-15/h4-6,9,11-12,15,23,25H,7-8,10,24H2,1-3H3,(H,27,28). The Hall–Kier alpha value is -3.39. The van der Waals surface area contributed by atoms with Crippen molar-refractivity contribution in [3.05, 3.63) is 47.9 Å². The van der Waals surface area contributed by atoms with Gasteiger partial charge < -0.3 is 26.5 Å². The Kier molecular flexibility index (Phi) is 5.41. The largest absolute Gasteiger partial charge is 0.496 e. The molecule has 0 bridgehead atoms. The van der Waals surface area contributed by atoms with E-state index in [9.17, 15) is 0 Å². The van der Waals surface area contributed by atoms with E-state index in [-0.39, 0.29) is 0 Å². The number of ether oxygens (including phenoxy) is 1. The molecule has 1 saturated heterocycles. The van der Waals surface area contributed by atoms with Crippen molar-refractivity contribution in [1.29, 1.82) is 5.41 Å². The highest BCUT2D eigenvalue weighted by Gasteiger charge is 2.18. The van der Waals surface area contributed by atoms with E-state index in [4.69, 9.17) is 20.9 Å². The summed E-state index contributed by atoms with van der Waals surface area (Å²) in [5, 5.41) is 15.0. The highest BCUT2D eigenvalue weighted by Crippen LogP contribution is 2.31. The average Bonchev–Trinajstić information content (AvgIpc) is 3.36. The number of nitrogens with zero attached hydrogens (tertiary/aromatic N) is 3. The van der Waals surface area contributed by atoms with Crippen molar-refractivity contribution in [3.63, 3.8) is 0 Å². The van der Waals surface area contributed by atoms with Gasteiger partial charge in [0.15, 0.2) is 0 Å². The summed E-state index contributed by atoms with van der Waals surface area (Å²) in [6.45, 7) is 5.48. The molecule has 156 valence electrons. The number of imidazole rings is 1. The molecule has 1 atom stereocenters. The van der Waals surface area contributed by atoms with Crippen molar-refractivity contribution < 1.29 is 4.74 Å². The van der Waals surface area contributed by atoms with E-state index in [1.54, 1.807) is 27.2 Å². The molecule has 4 rings (SSSR count). The van der Waals surface area contributed by atoms with Gasteiger partial charge in [0.25, 0.3) is 0 Å². The maximum absolute atomic E-state index is 8.17. The molecule has 30 heavy (non-hydrogen) atoms. The number of nitrogens with one attached hydrogen (secondary N) is 3. The first kappa shape index (κ1) is 19.9. The Labute approximate surface area is 175 Å². The zero-order chi connectivity index (χ0) is 21.3. The summed E-state index contributed by atoms with van der Waals surface area (Å²) < 4.78 is 7.54. The number of nitrogens with two attached hydrogens (primary N) is 1. The lowest BCUT2D eigenvalue weighted by Gasteiger charge is -2.15. The van der Waals surface area contributed by atoms with Gasteiger partial charge in [-0.1, -0.05) is 6.07 Å². The highest BCUT2D eigenvalue weighted by molar-refractivity contribution is 6.22. The number of pyridine rings is 2. The van der Waals surface area contributed by atoms with Gasteiger partial charge in [-0.3, -0.25) is 4.40 Å². The van der Waals surface area contributed by atoms with E-state index in [0.29, 0.717) is 28.8 Å². The number of hydrogen-bond donors (Lipinski definition) is 4. The van der Waals surface area contributed by atoms with Crippen LogP contribution in [0.15, 0.2) is 42.4 Å². The third-order valence-corrected chi connectivity index (χ3v) is 5.29. The predicted octanol–water partition coefficient (Wildman–Crippen LogP) is 2.91. The van der Waals surface area contributed by atoms with E-state index in [1.807, 2.05) is 34.9 Å². The molecule has 1 fully saturated rings. The van der Waals surface area contributed by atoms with Crippen LogP contribution in [0.3, 0.4) is 0 Å². The molecule has 1 aliphatic heterocycles. The molecule has 0 saturated carbocycles. The molecule has 1 unspecified atom stereocenters. The summed E-state index contributed by atoms with van der Waals surface area (Å²) in [5.41, 5.74) is 10.9. The first-order valence-corrected chi connectivity index (χ1v) is 10.00. The number of aromatic nitrogens is 3. The summed E-state index contributed by atoms with van der Waals surface area (Å²) in [5.74, 6) is 1.47. The molecule has 0 aromatic carbocycles. The number of rotatable bonds is 6. The Morgan fingerprint density at radius 3 is 2.87 bits per heavy atom. The highest BCUT2D eigenvalue weighted by atomic mass is 16.5. The van der Waals surface area contributed by atoms with Gasteiger partial charge in [-0.25, -0.2) is 9.97 Å². The maximum Gasteiger partial charge on any atom is 0.140 e. The van der Waals surface area contributed by atoms with Gasteiger partial charge in [-0.05, 0) is 38.9 Å². The van der Waals surface area contributed by atoms with Gasteiger partial charge in [0.05, 0.1) is 24.7 Å². The minimum Gasteiger partial charge on any atom is -0.496 e. The fourth-order valence-corrected chi connectivity index (χ4v) is 3.91. The Morgan fingerprint density at radius 1 is 1.37 bits per heavy atom. The summed E-state index contributed by atoms with van der Waals surface area (Å²) in [4.78, 5) is 9.34. The van der Waals surface area contributed by atoms with Gasteiger partial charge in [0.1, 0.15) is 17.2 Å². The molecule has 1 aliphatic rings. The normalized spacial score (nSPS) is 17.1. The number of methoxy groups -OCH3 is 1. The van der Waals surface area contributed by atoms with Crippen LogP contribution >= 0.6 is 0 Å². The van der Waals surface area contributed by atoms with E-state index < -0.39 is 0 Å². The van der Waals surface area contributed by atoms with Crippen molar-refractivity contribution in [2.24, 2.45) is 5.73 Å². The molecule has 3 aromatic heterocycles. The minimum absolute atomic E-state index is 0.379. The monoisotopic (exact) mass is 405 g/mol. The molecule has 5 N–H and O–H groups in total. The van der Waals surface area contributed by atoms with Gasteiger partial charge >= 0.3 is 0 Å². The smallest absolute Gasteiger partial charge is 0.140 e. The summed E-state index contributed by atoms with van der Waals surface area (Å²) in [6.07, 6.45) is 4.81. The van der Waals surface area contributed by atoms with Gasteiger partial charge in [-0.15, -0.1) is 0 Å². The summed E-state index contributed by atoms with van der Waals surface area (Å²) in [6, 6.07) is 8.20. The Balaban J connectivity index is 1.80. The molecular weight excluding hydrogens is 378 g/mol. The number of fused-ring (bicyclic) bond motifs is 1. The summed E-state index contributed by atoms with van der Waals surface area (Å²) >= 11 is 0. The molecule has 0 radical (unpaired) electrons. The maximum atomic E-state index is 8.17. The molecule has 4 heterocycles. The van der Waals surface area contributed by atoms with Crippen molar-refractivity contribution in [3.8, 4) is 17.1 Å². The van der Waals surface area contributed by atoms with Gasteiger partial charge in [-0.2, -0.15) is 0 Å². The number of allylic oxidation sites excluding steroid dienone is 2. The zero-order valence-corrected chi connectivity index (χ0v) is 17.5. The lowest BCUT2D eigenvalue weighted by Crippen LogP contribution is -2.22. The van der Waals surface area contributed by atoms with Gasteiger partial charge in [0.2, 0.25) is 0 Å². The summed E-state index contributed by atoms with van der Waals surface area (Å²) in [7, 11) is 1.61. The topological polar surface area (TPSA) is 113 Å². The van der Waals surface area contributed by atoms with Crippen LogP contribution in [0.1, 0.15) is 25.8 Å². The van der Waals surface area contributed by atoms with Crippen molar-refractivity contribution in [2.75, 3.05) is 25.5 Å². The lowest BCUT2D eigenvalue weighted by molar-refractivity contribution is 0.413. The minimum atomic E-state index is 0.379. The second-order valence-electron chi connectivity index (χ2n) is 7.55. The molecular formula is C22H27N7O. The fraction of sp³-hybridized carbons (Fsp3) is 0.318. The molecule has 3 aromatic rings. The SMILES string of the molecule is COc1cc2ncc(-c3cccc(NC4CCNC4)n3)n2cc1C(C(C)=N)=C(C)N. The second-order valence-corrected chi connectivity index (χ2v) is 7.55. The number of hydrogen-bond acceptors (Lipinski definition) is 7. The third kappa shape index (κ3) is 3.73. The molecule has 8 heteroatoms. The van der Waals surface area contributed by atoms with Crippen LogP contribution < -0.4 is 21.1 Å². The van der Waals surface area contributed by atoms with Crippen molar-refractivity contribution in [1.82, 2.24) is 19.7 Å². The van der Waals surface area contributed by atoms with Crippen molar-refractivity contribution in [2.45, 2.75) is 26.3 Å². The second kappa shape index (κ2) is 8.16. The van der Waals surface area contributed by atoms with Crippen LogP contribution in [-0.4, -0.2) is 46.3 Å². The Morgan fingerprint density at radius 2 is 2.20 bits per heavy atom. The van der Waals surface area contributed by atoms with Crippen LogP contribution in [0.25, 0.3) is 22.6 Å². The van der Waals surface area contributed by atoms with E-state index in [1.165, 1.54) is 0 Å². The third-order valence-electron chi connectivity index (χ3n) is 5.29. The number of anilines is 1. The van der Waals surface area contributed by atoms with Crippen LogP contribution in [0.4, 0.5) is 5.82 Å². The Bertz CT molecular complexity index is 1120. The van der Waals surface area contributed by atoms with Crippen LogP contribution in [-0.2, 0) is 0 Å². The van der Waals surface area contributed by atoms with Crippen molar-refractivity contribution >= 4 is 22.7 Å². The fourth-order valence-electron chi connectivity index (χ4n) is 3.91. The van der Waals surface area contributed by atoms with Crippen LogP contribution in [0.2, 0.25) is 0 Å². The molecule has 8 nitrogen and oxygen atoms in total. The molecule has 0 aliphatic carbocycles. The van der Waals surface area contributed by atoms with Crippen LogP contribution in [0, 0.1) is 5.41 Å². The van der Waals surface area contributed by atoms with Gasteiger partial charge in [0, 0.05) is 47.4 Å². The quantitative estimate of drug-likeness (QED) is 0.469. The zero-order valence-electron chi connectivity index (χ0n) is 17.5. The lowest BCUT2D eigenvalue weighted by atomic mass is 10.0. The van der Waals surface area contributed by atoms with E-state index in [2.05, 4.69) is 15.6 Å². The molecule has 0 amide bonds. The average molecular weight is 406 g/mol. The molecule has 0 spiro atoms. The van der Waals surface area contributed by atoms with E-state index >= 15 is 0 Å². The van der Waals surface area contributed by atoms with E-state index in [0.717, 1.165) is 47.9 Å². The first-order valence-electron chi connectivity index (χ1n) is 10.00.